The highest BCUT2D eigenvalue weighted by Crippen LogP contribution is 2.21. The van der Waals surface area contributed by atoms with Crippen LogP contribution in [0.15, 0.2) is 59.5 Å². The number of rotatable bonds is 6. The summed E-state index contributed by atoms with van der Waals surface area (Å²) in [5.41, 5.74) is 1.02. The van der Waals surface area contributed by atoms with Crippen LogP contribution in [-0.4, -0.2) is 32.0 Å². The Balaban J connectivity index is 2.52. The van der Waals surface area contributed by atoms with Crippen molar-refractivity contribution >= 4 is 21.6 Å². The van der Waals surface area contributed by atoms with Gasteiger partial charge in [-0.1, -0.05) is 48.0 Å². The molecule has 2 rings (SSSR count). The average Bonchev–Trinajstić information content (AvgIpc) is 2.56. The van der Waals surface area contributed by atoms with Gasteiger partial charge in [-0.2, -0.15) is 0 Å². The number of aryl methyl sites for hydroxylation is 1. The van der Waals surface area contributed by atoms with E-state index in [0.717, 1.165) is 5.56 Å². The Labute approximate surface area is 141 Å². The number of esters is 1. The maximum atomic E-state index is 12.9. The predicted octanol–water partition coefficient (Wildman–Crippen LogP) is 2.58. The Morgan fingerprint density at radius 2 is 1.58 bits per heavy atom. The van der Waals surface area contributed by atoms with Crippen molar-refractivity contribution in [2.75, 3.05) is 6.61 Å². The molecule has 0 N–H and O–H groups in total. The second-order valence-corrected chi connectivity index (χ2v) is 7.25. The van der Waals surface area contributed by atoms with Crippen molar-refractivity contribution < 1.29 is 22.7 Å². The molecule has 0 saturated carbocycles. The van der Waals surface area contributed by atoms with Crippen molar-refractivity contribution in [2.45, 2.75) is 24.0 Å². The van der Waals surface area contributed by atoms with Gasteiger partial charge in [0, 0.05) is 5.56 Å². The topological polar surface area (TPSA) is 77.5 Å². The standard InChI is InChI=1S/C18H18O5S/c1-3-23-18(20)17(16(19)14-7-5-4-6-8-14)24(21,22)15-11-9-13(2)10-12-15/h4-12,17H,3H2,1-2H3. The highest BCUT2D eigenvalue weighted by molar-refractivity contribution is 7.93. The van der Waals surface area contributed by atoms with Gasteiger partial charge in [-0.25, -0.2) is 8.42 Å². The van der Waals surface area contributed by atoms with Crippen molar-refractivity contribution in [2.24, 2.45) is 0 Å². The summed E-state index contributed by atoms with van der Waals surface area (Å²) in [6.07, 6.45) is 0. The summed E-state index contributed by atoms with van der Waals surface area (Å²) in [6.45, 7) is 3.36. The Morgan fingerprint density at radius 1 is 1.00 bits per heavy atom. The Morgan fingerprint density at radius 3 is 2.12 bits per heavy atom. The minimum absolute atomic E-state index is 0.0131. The lowest BCUT2D eigenvalue weighted by molar-refractivity contribution is -0.141. The van der Waals surface area contributed by atoms with Crippen molar-refractivity contribution in [3.8, 4) is 0 Å². The number of hydrogen-bond donors (Lipinski definition) is 0. The first-order valence-electron chi connectivity index (χ1n) is 7.44. The molecule has 2 aromatic rings. The molecule has 1 unspecified atom stereocenters. The van der Waals surface area contributed by atoms with E-state index >= 15 is 0 Å². The second kappa shape index (κ2) is 7.40. The predicted molar refractivity (Wildman–Crippen MR) is 89.6 cm³/mol. The third-order valence-electron chi connectivity index (χ3n) is 3.46. The van der Waals surface area contributed by atoms with Crippen LogP contribution in [0.2, 0.25) is 0 Å². The molecule has 0 amide bonds. The van der Waals surface area contributed by atoms with E-state index in [9.17, 15) is 18.0 Å². The van der Waals surface area contributed by atoms with Crippen LogP contribution in [0.3, 0.4) is 0 Å². The number of carbonyl (C=O) groups is 2. The van der Waals surface area contributed by atoms with E-state index in [4.69, 9.17) is 4.74 Å². The molecule has 6 heteroatoms. The van der Waals surface area contributed by atoms with Crippen LogP contribution in [0.1, 0.15) is 22.8 Å². The largest absolute Gasteiger partial charge is 0.465 e. The van der Waals surface area contributed by atoms with Gasteiger partial charge < -0.3 is 4.74 Å². The molecule has 0 saturated heterocycles. The van der Waals surface area contributed by atoms with E-state index < -0.39 is 26.8 Å². The molecule has 0 aromatic heterocycles. The molecule has 0 aliphatic heterocycles. The zero-order chi connectivity index (χ0) is 17.7. The lowest BCUT2D eigenvalue weighted by Gasteiger charge is -2.15. The molecular formula is C18H18O5S. The zero-order valence-electron chi connectivity index (χ0n) is 13.4. The van der Waals surface area contributed by atoms with Gasteiger partial charge in [-0.15, -0.1) is 0 Å². The first-order valence-corrected chi connectivity index (χ1v) is 8.99. The second-order valence-electron chi connectivity index (χ2n) is 5.22. The molecule has 0 bridgehead atoms. The van der Waals surface area contributed by atoms with Crippen LogP contribution in [0.25, 0.3) is 0 Å². The fraction of sp³-hybridized carbons (Fsp3) is 0.222. The van der Waals surface area contributed by atoms with Crippen molar-refractivity contribution in [1.29, 1.82) is 0 Å². The Bertz CT molecular complexity index is 823. The monoisotopic (exact) mass is 346 g/mol. The van der Waals surface area contributed by atoms with Gasteiger partial charge in [0.2, 0.25) is 5.25 Å². The van der Waals surface area contributed by atoms with Gasteiger partial charge in [0.25, 0.3) is 0 Å². The first kappa shape index (κ1) is 17.9. The maximum absolute atomic E-state index is 12.9. The van der Waals surface area contributed by atoms with Crippen molar-refractivity contribution in [3.63, 3.8) is 0 Å². The summed E-state index contributed by atoms with van der Waals surface area (Å²) in [7, 11) is -4.21. The highest BCUT2D eigenvalue weighted by atomic mass is 32.2. The molecule has 2 aromatic carbocycles. The number of benzene rings is 2. The molecule has 0 heterocycles. The Kier molecular flexibility index (Phi) is 5.51. The van der Waals surface area contributed by atoms with Crippen LogP contribution in [0.5, 0.6) is 0 Å². The van der Waals surface area contributed by atoms with Crippen LogP contribution in [0, 0.1) is 6.92 Å². The summed E-state index contributed by atoms with van der Waals surface area (Å²) in [5.74, 6) is -1.86. The summed E-state index contributed by atoms with van der Waals surface area (Å²) in [5, 5.41) is -1.91. The van der Waals surface area contributed by atoms with Gasteiger partial charge in [0.15, 0.2) is 15.6 Å². The third kappa shape index (κ3) is 3.71. The van der Waals surface area contributed by atoms with Crippen molar-refractivity contribution in [3.05, 3.63) is 65.7 Å². The van der Waals surface area contributed by atoms with E-state index in [2.05, 4.69) is 0 Å². The lowest BCUT2D eigenvalue weighted by atomic mass is 10.1. The molecule has 0 fully saturated rings. The molecule has 0 aliphatic carbocycles. The van der Waals surface area contributed by atoms with E-state index in [1.54, 1.807) is 37.3 Å². The number of ketones is 1. The first-order chi connectivity index (χ1) is 11.4. The van der Waals surface area contributed by atoms with Gasteiger partial charge in [0.1, 0.15) is 0 Å². The normalized spacial score (nSPS) is 12.4. The van der Waals surface area contributed by atoms with E-state index in [1.807, 2.05) is 6.92 Å². The molecular weight excluding hydrogens is 328 g/mol. The van der Waals surface area contributed by atoms with Crippen LogP contribution < -0.4 is 0 Å². The molecule has 0 aliphatic rings. The lowest BCUT2D eigenvalue weighted by Crippen LogP contribution is -2.39. The van der Waals surface area contributed by atoms with E-state index in [-0.39, 0.29) is 17.1 Å². The Hall–Kier alpha value is -2.47. The minimum Gasteiger partial charge on any atom is -0.465 e. The third-order valence-corrected chi connectivity index (χ3v) is 5.41. The number of ether oxygens (including phenoxy) is 1. The van der Waals surface area contributed by atoms with Gasteiger partial charge in [-0.3, -0.25) is 9.59 Å². The summed E-state index contributed by atoms with van der Waals surface area (Å²) < 4.78 is 30.5. The summed E-state index contributed by atoms with van der Waals surface area (Å²) in [6, 6.07) is 13.8. The number of hydrogen-bond acceptors (Lipinski definition) is 5. The molecule has 1 atom stereocenters. The van der Waals surface area contributed by atoms with E-state index in [1.165, 1.54) is 24.3 Å². The highest BCUT2D eigenvalue weighted by Gasteiger charge is 2.41. The van der Waals surface area contributed by atoms with E-state index in [0.29, 0.717) is 0 Å². The summed E-state index contributed by atoms with van der Waals surface area (Å²) >= 11 is 0. The molecule has 126 valence electrons. The summed E-state index contributed by atoms with van der Waals surface area (Å²) in [4.78, 5) is 24.8. The average molecular weight is 346 g/mol. The molecule has 0 radical (unpaired) electrons. The molecule has 5 nitrogen and oxygen atoms in total. The van der Waals surface area contributed by atoms with Crippen molar-refractivity contribution in [1.82, 2.24) is 0 Å². The number of carbonyl (C=O) groups excluding carboxylic acids is 2. The van der Waals surface area contributed by atoms with Crippen LogP contribution >= 0.6 is 0 Å². The zero-order valence-corrected chi connectivity index (χ0v) is 14.2. The molecule has 24 heavy (non-hydrogen) atoms. The van der Waals surface area contributed by atoms with Crippen LogP contribution in [-0.2, 0) is 19.4 Å². The quantitative estimate of drug-likeness (QED) is 0.456. The maximum Gasteiger partial charge on any atom is 0.332 e. The number of Topliss-reactive ketones (excluding diaryl/α,β-unsaturated/α-hetero) is 1. The van der Waals surface area contributed by atoms with Gasteiger partial charge in [-0.05, 0) is 26.0 Å². The van der Waals surface area contributed by atoms with Crippen LogP contribution in [0.4, 0.5) is 0 Å². The SMILES string of the molecule is CCOC(=O)C(C(=O)c1ccccc1)S(=O)(=O)c1ccc(C)cc1. The smallest absolute Gasteiger partial charge is 0.332 e. The van der Waals surface area contributed by atoms with Gasteiger partial charge >= 0.3 is 5.97 Å². The van der Waals surface area contributed by atoms with Gasteiger partial charge in [0.05, 0.1) is 11.5 Å². The molecule has 0 spiro atoms. The number of sulfone groups is 1. The minimum atomic E-state index is -4.21. The fourth-order valence-corrected chi connectivity index (χ4v) is 3.74. The fourth-order valence-electron chi connectivity index (χ4n) is 2.21.